The van der Waals surface area contributed by atoms with Gasteiger partial charge in [0.25, 0.3) is 0 Å². The second kappa shape index (κ2) is 5.54. The van der Waals surface area contributed by atoms with Gasteiger partial charge in [0.2, 0.25) is 0 Å². The molecule has 0 saturated carbocycles. The highest BCUT2D eigenvalue weighted by Crippen LogP contribution is 2.49. The van der Waals surface area contributed by atoms with Crippen molar-refractivity contribution in [1.82, 2.24) is 0 Å². The van der Waals surface area contributed by atoms with Gasteiger partial charge in [0.1, 0.15) is 11.5 Å². The zero-order valence-corrected chi connectivity index (χ0v) is 15.1. The van der Waals surface area contributed by atoms with E-state index in [-0.39, 0.29) is 0 Å². The number of allylic oxidation sites excluding steroid dienone is 5. The van der Waals surface area contributed by atoms with Crippen LogP contribution in [0.4, 0.5) is 0 Å². The third kappa shape index (κ3) is 2.47. The van der Waals surface area contributed by atoms with Crippen molar-refractivity contribution in [3.8, 4) is 0 Å². The Bertz CT molecular complexity index is 848. The summed E-state index contributed by atoms with van der Waals surface area (Å²) >= 11 is 0. The van der Waals surface area contributed by atoms with Gasteiger partial charge in [-0.2, -0.15) is 0 Å². The van der Waals surface area contributed by atoms with Crippen molar-refractivity contribution in [2.24, 2.45) is 0 Å². The van der Waals surface area contributed by atoms with Gasteiger partial charge in [0.05, 0.1) is 8.80 Å². The summed E-state index contributed by atoms with van der Waals surface area (Å²) in [6.07, 6.45) is 8.18. The van der Waals surface area contributed by atoms with Gasteiger partial charge in [-0.3, -0.25) is 0 Å². The summed E-state index contributed by atoms with van der Waals surface area (Å²) < 4.78 is 5.96. The maximum atomic E-state index is 5.96. The van der Waals surface area contributed by atoms with Gasteiger partial charge >= 0.3 is 0 Å². The van der Waals surface area contributed by atoms with Crippen LogP contribution in [0.15, 0.2) is 63.7 Å². The number of furan rings is 1. The number of aryl methyl sites for hydroxylation is 1. The molecule has 2 heteroatoms. The van der Waals surface area contributed by atoms with E-state index in [2.05, 4.69) is 67.7 Å². The lowest BCUT2D eigenvalue weighted by molar-refractivity contribution is 0.519. The highest BCUT2D eigenvalue weighted by atomic mass is 28.3. The molecule has 0 radical (unpaired) electrons. The first kappa shape index (κ1) is 14.5. The van der Waals surface area contributed by atoms with E-state index in [4.69, 9.17) is 4.42 Å². The molecule has 2 aliphatic rings. The van der Waals surface area contributed by atoms with Crippen LogP contribution < -0.4 is 0 Å². The van der Waals surface area contributed by atoms with Crippen LogP contribution in [0, 0.1) is 6.92 Å². The molecule has 0 fully saturated rings. The number of fused-ring (bicyclic) bond motifs is 1. The highest BCUT2D eigenvalue weighted by Gasteiger charge is 2.32. The molecule has 2 aromatic rings. The highest BCUT2D eigenvalue weighted by molar-refractivity contribution is 6.64. The van der Waals surface area contributed by atoms with E-state index in [1.165, 1.54) is 22.3 Å². The second-order valence-electron chi connectivity index (χ2n) is 6.89. The molecule has 4 rings (SSSR count). The lowest BCUT2D eigenvalue weighted by atomic mass is 9.86. The maximum absolute atomic E-state index is 5.96. The Labute approximate surface area is 139 Å². The Hall–Kier alpha value is -2.06. The Kier molecular flexibility index (Phi) is 3.50. The molecule has 23 heavy (non-hydrogen) atoms. The molecule has 0 N–H and O–H groups in total. The fraction of sp³-hybridized carbons (Fsp3) is 0.238. The van der Waals surface area contributed by atoms with E-state index in [9.17, 15) is 0 Å². The summed E-state index contributed by atoms with van der Waals surface area (Å²) in [4.78, 5) is 0. The fourth-order valence-corrected chi connectivity index (χ4v) is 4.81. The first-order valence-electron chi connectivity index (χ1n) is 8.40. The van der Waals surface area contributed by atoms with Crippen molar-refractivity contribution in [1.29, 1.82) is 0 Å². The molecular formula is C21H22OSi. The molecule has 1 nitrogen and oxygen atoms in total. The molecule has 1 atom stereocenters. The third-order valence-electron chi connectivity index (χ3n) is 4.99. The van der Waals surface area contributed by atoms with Crippen LogP contribution in [0.5, 0.6) is 0 Å². The summed E-state index contributed by atoms with van der Waals surface area (Å²) in [5.41, 5.74) is 5.58. The van der Waals surface area contributed by atoms with Crippen LogP contribution in [0.1, 0.15) is 35.0 Å². The Morgan fingerprint density at radius 2 is 1.87 bits per heavy atom. The molecule has 0 bridgehead atoms. The van der Waals surface area contributed by atoms with Gasteiger partial charge < -0.3 is 4.42 Å². The van der Waals surface area contributed by atoms with Crippen molar-refractivity contribution in [2.75, 3.05) is 0 Å². The number of hydrogen-bond donors (Lipinski definition) is 0. The summed E-state index contributed by atoms with van der Waals surface area (Å²) in [6.45, 7) is 6.84. The summed E-state index contributed by atoms with van der Waals surface area (Å²) in [7, 11) is -0.715. The molecule has 1 aromatic carbocycles. The normalized spacial score (nSPS) is 19.7. The second-order valence-corrected chi connectivity index (χ2v) is 9.94. The smallest absolute Gasteiger partial charge is 0.131 e. The van der Waals surface area contributed by atoms with Gasteiger partial charge in [0, 0.05) is 11.5 Å². The SMILES string of the molecule is Cc1ccc(C2=Cc3ccccc3C2C2=CC=C([SiH](C)C)C2)o1. The number of benzene rings is 1. The largest absolute Gasteiger partial charge is 0.462 e. The monoisotopic (exact) mass is 318 g/mol. The molecular weight excluding hydrogens is 296 g/mol. The minimum absolute atomic E-state index is 0.346. The predicted molar refractivity (Wildman–Crippen MR) is 100 cm³/mol. The van der Waals surface area contributed by atoms with Crippen LogP contribution >= 0.6 is 0 Å². The Morgan fingerprint density at radius 3 is 2.57 bits per heavy atom. The van der Waals surface area contributed by atoms with Crippen molar-refractivity contribution < 1.29 is 4.42 Å². The zero-order valence-electron chi connectivity index (χ0n) is 14.0. The van der Waals surface area contributed by atoms with E-state index in [1.54, 1.807) is 5.20 Å². The summed E-state index contributed by atoms with van der Waals surface area (Å²) in [5.74, 6) is 2.34. The molecule has 0 aliphatic heterocycles. The van der Waals surface area contributed by atoms with Crippen LogP contribution in [0.25, 0.3) is 11.6 Å². The van der Waals surface area contributed by atoms with Gasteiger partial charge in [-0.1, -0.05) is 60.3 Å². The number of rotatable bonds is 3. The van der Waals surface area contributed by atoms with Crippen molar-refractivity contribution in [3.63, 3.8) is 0 Å². The van der Waals surface area contributed by atoms with Gasteiger partial charge in [-0.25, -0.2) is 0 Å². The summed E-state index contributed by atoms with van der Waals surface area (Å²) in [5, 5.41) is 1.67. The van der Waals surface area contributed by atoms with Crippen LogP contribution in [0.2, 0.25) is 13.1 Å². The topological polar surface area (TPSA) is 13.1 Å². The lowest BCUT2D eigenvalue weighted by Crippen LogP contribution is -2.07. The Morgan fingerprint density at radius 1 is 1.04 bits per heavy atom. The van der Waals surface area contributed by atoms with E-state index in [1.807, 2.05) is 6.92 Å². The predicted octanol–water partition coefficient (Wildman–Crippen LogP) is 5.51. The van der Waals surface area contributed by atoms with Crippen LogP contribution in [-0.2, 0) is 0 Å². The minimum Gasteiger partial charge on any atom is -0.462 e. The molecule has 2 aliphatic carbocycles. The van der Waals surface area contributed by atoms with Crippen molar-refractivity contribution in [3.05, 3.63) is 82.0 Å². The summed E-state index contributed by atoms with van der Waals surface area (Å²) in [6, 6.07) is 12.9. The average molecular weight is 318 g/mol. The first-order chi connectivity index (χ1) is 11.1. The van der Waals surface area contributed by atoms with E-state index >= 15 is 0 Å². The third-order valence-corrected chi connectivity index (χ3v) is 6.87. The molecule has 1 heterocycles. The van der Waals surface area contributed by atoms with Crippen molar-refractivity contribution in [2.45, 2.75) is 32.4 Å². The van der Waals surface area contributed by atoms with E-state index in [0.717, 1.165) is 17.9 Å². The molecule has 0 saturated heterocycles. The van der Waals surface area contributed by atoms with Gasteiger partial charge in [-0.15, -0.1) is 0 Å². The van der Waals surface area contributed by atoms with Crippen molar-refractivity contribution >= 4 is 20.4 Å². The fourth-order valence-electron chi connectivity index (χ4n) is 3.69. The Balaban J connectivity index is 1.75. The van der Waals surface area contributed by atoms with Crippen LogP contribution in [0.3, 0.4) is 0 Å². The number of hydrogen-bond acceptors (Lipinski definition) is 1. The molecule has 0 spiro atoms. The maximum Gasteiger partial charge on any atom is 0.131 e. The minimum atomic E-state index is -0.715. The van der Waals surface area contributed by atoms with E-state index in [0.29, 0.717) is 5.92 Å². The molecule has 0 amide bonds. The molecule has 116 valence electrons. The van der Waals surface area contributed by atoms with Crippen LogP contribution in [-0.4, -0.2) is 8.80 Å². The first-order valence-corrected chi connectivity index (χ1v) is 11.3. The average Bonchev–Trinajstić information content (AvgIpc) is 3.23. The zero-order chi connectivity index (χ0) is 16.0. The molecule has 1 aromatic heterocycles. The lowest BCUT2D eigenvalue weighted by Gasteiger charge is -2.19. The van der Waals surface area contributed by atoms with E-state index < -0.39 is 8.80 Å². The van der Waals surface area contributed by atoms with Gasteiger partial charge in [0.15, 0.2) is 0 Å². The quantitative estimate of drug-likeness (QED) is 0.680. The standard InChI is InChI=1S/C21H22OSi/c1-14-8-11-20(22-14)19-13-15-6-4-5-7-18(15)21(19)16-9-10-17(12-16)23(2)3/h4-11,13,21,23H,12H2,1-3H3. The van der Waals surface area contributed by atoms with Gasteiger partial charge in [-0.05, 0) is 42.7 Å². The molecule has 1 unspecified atom stereocenters.